The van der Waals surface area contributed by atoms with Gasteiger partial charge in [-0.2, -0.15) is 0 Å². The molecule has 118 valence electrons. The molecule has 0 aromatic carbocycles. The molecule has 4 N–H and O–H groups in total. The van der Waals surface area contributed by atoms with Crippen LogP contribution in [0.3, 0.4) is 0 Å². The van der Waals surface area contributed by atoms with E-state index in [0.717, 1.165) is 45.4 Å². The van der Waals surface area contributed by atoms with Crippen LogP contribution in [-0.4, -0.2) is 44.2 Å². The van der Waals surface area contributed by atoms with Crippen LogP contribution in [0.25, 0.3) is 0 Å². The third kappa shape index (κ3) is 11.3. The van der Waals surface area contributed by atoms with Gasteiger partial charge in [0.2, 0.25) is 5.91 Å². The molecule has 0 aromatic rings. The zero-order valence-corrected chi connectivity index (χ0v) is 14.5. The highest BCUT2D eigenvalue weighted by Crippen LogP contribution is 2.18. The third-order valence-corrected chi connectivity index (χ3v) is 2.76. The van der Waals surface area contributed by atoms with Crippen molar-refractivity contribution in [3.63, 3.8) is 0 Å². The van der Waals surface area contributed by atoms with Crippen molar-refractivity contribution in [1.82, 2.24) is 10.6 Å². The molecule has 6 nitrogen and oxygen atoms in total. The summed E-state index contributed by atoms with van der Waals surface area (Å²) in [6, 6.07) is 0.438. The predicted octanol–water partition coefficient (Wildman–Crippen LogP) is 0.994. The van der Waals surface area contributed by atoms with E-state index in [1.807, 2.05) is 6.92 Å². The standard InChI is InChI=1S/C13H26N4O2.HI/c1-2-19-10-4-9-16-13(14)15-8-3-5-12(18)17-11-6-7-11;/h11H,2-10H2,1H3,(H,17,18)(H3,14,15,16);1H. The van der Waals surface area contributed by atoms with Gasteiger partial charge in [0.1, 0.15) is 0 Å². The van der Waals surface area contributed by atoms with Crippen molar-refractivity contribution in [3.8, 4) is 0 Å². The molecule has 0 saturated heterocycles. The fraction of sp³-hybridized carbons (Fsp3) is 0.846. The summed E-state index contributed by atoms with van der Waals surface area (Å²) in [6.07, 6.45) is 4.43. The maximum Gasteiger partial charge on any atom is 0.220 e. The van der Waals surface area contributed by atoms with Gasteiger partial charge in [-0.25, -0.2) is 0 Å². The average molecular weight is 398 g/mol. The van der Waals surface area contributed by atoms with Gasteiger partial charge in [-0.15, -0.1) is 24.0 Å². The van der Waals surface area contributed by atoms with Crippen LogP contribution in [0.15, 0.2) is 4.99 Å². The van der Waals surface area contributed by atoms with Crippen molar-refractivity contribution in [3.05, 3.63) is 0 Å². The molecule has 1 amide bonds. The van der Waals surface area contributed by atoms with Crippen molar-refractivity contribution < 1.29 is 9.53 Å². The highest BCUT2D eigenvalue weighted by molar-refractivity contribution is 14.0. The minimum absolute atomic E-state index is 0. The largest absolute Gasteiger partial charge is 0.382 e. The van der Waals surface area contributed by atoms with Crippen LogP contribution in [0.2, 0.25) is 0 Å². The summed E-state index contributed by atoms with van der Waals surface area (Å²) in [5, 5.41) is 5.97. The molecule has 20 heavy (non-hydrogen) atoms. The number of carbonyl (C=O) groups excluding carboxylic acids is 1. The molecule has 0 aromatic heterocycles. The molecule has 0 aliphatic heterocycles. The Bertz CT molecular complexity index is 296. The summed E-state index contributed by atoms with van der Waals surface area (Å²) < 4.78 is 5.21. The van der Waals surface area contributed by atoms with Gasteiger partial charge in [0, 0.05) is 38.8 Å². The summed E-state index contributed by atoms with van der Waals surface area (Å²) in [5.74, 6) is 0.569. The molecule has 0 bridgehead atoms. The number of aliphatic imine (C=N–C) groups is 1. The number of hydrogen-bond donors (Lipinski definition) is 3. The summed E-state index contributed by atoms with van der Waals surface area (Å²) in [5.41, 5.74) is 5.69. The molecule has 1 aliphatic rings. The Hall–Kier alpha value is -0.570. The molecule has 0 spiro atoms. The number of amides is 1. The van der Waals surface area contributed by atoms with E-state index < -0.39 is 0 Å². The van der Waals surface area contributed by atoms with Crippen LogP contribution >= 0.6 is 24.0 Å². The average Bonchev–Trinajstić information content (AvgIpc) is 3.18. The Kier molecular flexibility index (Phi) is 11.8. The fourth-order valence-corrected chi connectivity index (χ4v) is 1.56. The monoisotopic (exact) mass is 398 g/mol. The van der Waals surface area contributed by atoms with Gasteiger partial charge in [-0.1, -0.05) is 0 Å². The Morgan fingerprint density at radius 3 is 2.80 bits per heavy atom. The minimum Gasteiger partial charge on any atom is -0.382 e. The van der Waals surface area contributed by atoms with Crippen LogP contribution in [0.5, 0.6) is 0 Å². The molecule has 1 saturated carbocycles. The second-order valence-electron chi connectivity index (χ2n) is 4.69. The topological polar surface area (TPSA) is 88.7 Å². The van der Waals surface area contributed by atoms with E-state index in [2.05, 4.69) is 15.6 Å². The third-order valence-electron chi connectivity index (χ3n) is 2.76. The summed E-state index contributed by atoms with van der Waals surface area (Å²) in [7, 11) is 0. The molecule has 7 heteroatoms. The lowest BCUT2D eigenvalue weighted by molar-refractivity contribution is -0.121. The van der Waals surface area contributed by atoms with Crippen molar-refractivity contribution in [2.24, 2.45) is 10.7 Å². The number of hydrogen-bond acceptors (Lipinski definition) is 3. The van der Waals surface area contributed by atoms with E-state index in [0.29, 0.717) is 25.0 Å². The van der Waals surface area contributed by atoms with Crippen LogP contribution < -0.4 is 16.4 Å². The van der Waals surface area contributed by atoms with Gasteiger partial charge in [0.05, 0.1) is 0 Å². The Morgan fingerprint density at radius 1 is 1.40 bits per heavy atom. The first-order valence-corrected chi connectivity index (χ1v) is 7.13. The number of carbonyl (C=O) groups is 1. The van der Waals surface area contributed by atoms with Gasteiger partial charge in [0.25, 0.3) is 0 Å². The normalized spacial score (nSPS) is 14.6. The second-order valence-corrected chi connectivity index (χ2v) is 4.69. The van der Waals surface area contributed by atoms with Crippen molar-refractivity contribution in [2.75, 3.05) is 26.3 Å². The van der Waals surface area contributed by atoms with Crippen LogP contribution in [0.4, 0.5) is 0 Å². The first kappa shape index (κ1) is 19.4. The van der Waals surface area contributed by atoms with Gasteiger partial charge in [0.15, 0.2) is 5.96 Å². The summed E-state index contributed by atoms with van der Waals surface area (Å²) in [6.45, 7) is 4.80. The highest BCUT2D eigenvalue weighted by atomic mass is 127. The first-order valence-electron chi connectivity index (χ1n) is 7.13. The summed E-state index contributed by atoms with van der Waals surface area (Å²) >= 11 is 0. The van der Waals surface area contributed by atoms with Gasteiger partial charge >= 0.3 is 0 Å². The molecule has 1 fully saturated rings. The fourth-order valence-electron chi connectivity index (χ4n) is 1.56. The zero-order chi connectivity index (χ0) is 13.9. The van der Waals surface area contributed by atoms with E-state index in [9.17, 15) is 4.79 Å². The molecular formula is C13H27IN4O2. The number of nitrogens with zero attached hydrogens (tertiary/aromatic N) is 1. The minimum atomic E-state index is 0. The van der Waals surface area contributed by atoms with Crippen molar-refractivity contribution in [1.29, 1.82) is 0 Å². The molecular weight excluding hydrogens is 371 g/mol. The van der Waals surface area contributed by atoms with E-state index >= 15 is 0 Å². The lowest BCUT2D eigenvalue weighted by Gasteiger charge is -2.05. The van der Waals surface area contributed by atoms with Crippen LogP contribution in [0.1, 0.15) is 39.0 Å². The number of guanidine groups is 1. The first-order chi connectivity index (χ1) is 9.22. The number of halogens is 1. The van der Waals surface area contributed by atoms with Crippen molar-refractivity contribution >= 4 is 35.8 Å². The zero-order valence-electron chi connectivity index (χ0n) is 12.2. The number of nitrogens with one attached hydrogen (secondary N) is 2. The second kappa shape index (κ2) is 12.2. The van der Waals surface area contributed by atoms with E-state index in [4.69, 9.17) is 10.5 Å². The van der Waals surface area contributed by atoms with E-state index in [1.54, 1.807) is 0 Å². The molecule has 1 rings (SSSR count). The quantitative estimate of drug-likeness (QED) is 0.222. The van der Waals surface area contributed by atoms with Crippen LogP contribution in [0, 0.1) is 0 Å². The number of ether oxygens (including phenoxy) is 1. The molecule has 0 heterocycles. The maximum atomic E-state index is 11.4. The molecule has 1 aliphatic carbocycles. The van der Waals surface area contributed by atoms with Crippen LogP contribution in [-0.2, 0) is 9.53 Å². The lowest BCUT2D eigenvalue weighted by atomic mass is 10.3. The molecule has 0 atom stereocenters. The highest BCUT2D eigenvalue weighted by Gasteiger charge is 2.22. The smallest absolute Gasteiger partial charge is 0.220 e. The number of rotatable bonds is 10. The Labute approximate surface area is 138 Å². The number of nitrogens with two attached hydrogens (primary N) is 1. The lowest BCUT2D eigenvalue weighted by Crippen LogP contribution is -2.33. The molecule has 0 radical (unpaired) electrons. The molecule has 0 unspecified atom stereocenters. The van der Waals surface area contributed by atoms with E-state index in [1.165, 1.54) is 0 Å². The Balaban J connectivity index is 0.00000361. The van der Waals surface area contributed by atoms with E-state index in [-0.39, 0.29) is 29.9 Å². The maximum absolute atomic E-state index is 11.4. The van der Waals surface area contributed by atoms with Gasteiger partial charge < -0.3 is 21.1 Å². The van der Waals surface area contributed by atoms with Crippen molar-refractivity contribution in [2.45, 2.75) is 45.1 Å². The van der Waals surface area contributed by atoms with Gasteiger partial charge in [-0.3, -0.25) is 9.79 Å². The van der Waals surface area contributed by atoms with Gasteiger partial charge in [-0.05, 0) is 32.6 Å². The predicted molar refractivity (Wildman–Crippen MR) is 91.4 cm³/mol. The Morgan fingerprint density at radius 2 is 2.15 bits per heavy atom. The summed E-state index contributed by atoms with van der Waals surface area (Å²) in [4.78, 5) is 15.6. The SMILES string of the molecule is CCOCCCNC(N)=NCCCC(=O)NC1CC1.I.